The lowest BCUT2D eigenvalue weighted by Gasteiger charge is -2.30. The molecule has 21 heavy (non-hydrogen) atoms. The van der Waals surface area contributed by atoms with E-state index in [2.05, 4.69) is 12.2 Å². The molecule has 0 aromatic heterocycles. The zero-order chi connectivity index (χ0) is 15.3. The summed E-state index contributed by atoms with van der Waals surface area (Å²) < 4.78 is 32.0. The van der Waals surface area contributed by atoms with Gasteiger partial charge in [-0.05, 0) is 43.5 Å². The Hall–Kier alpha value is -1.11. The lowest BCUT2D eigenvalue weighted by Crippen LogP contribution is -2.40. The van der Waals surface area contributed by atoms with Crippen molar-refractivity contribution in [2.75, 3.05) is 32.1 Å². The van der Waals surface area contributed by atoms with E-state index in [1.165, 1.54) is 4.31 Å². The van der Waals surface area contributed by atoms with Crippen LogP contribution in [0, 0.1) is 0 Å². The van der Waals surface area contributed by atoms with Crippen molar-refractivity contribution in [1.82, 2.24) is 4.31 Å². The Morgan fingerprint density at radius 3 is 2.43 bits per heavy atom. The highest BCUT2D eigenvalue weighted by atomic mass is 32.2. The fourth-order valence-corrected chi connectivity index (χ4v) is 3.84. The number of hydrogen-bond donors (Lipinski definition) is 1. The van der Waals surface area contributed by atoms with Gasteiger partial charge >= 0.3 is 0 Å². The van der Waals surface area contributed by atoms with Crippen LogP contribution in [-0.4, -0.2) is 45.6 Å². The van der Waals surface area contributed by atoms with Gasteiger partial charge < -0.3 is 10.1 Å². The second-order valence-corrected chi connectivity index (χ2v) is 7.31. The van der Waals surface area contributed by atoms with Crippen LogP contribution in [-0.2, 0) is 14.8 Å². The van der Waals surface area contributed by atoms with Crippen LogP contribution in [0.25, 0.3) is 0 Å². The van der Waals surface area contributed by atoms with Crippen molar-refractivity contribution in [3.8, 4) is 0 Å². The summed E-state index contributed by atoms with van der Waals surface area (Å²) in [5.41, 5.74) is 0.949. The Morgan fingerprint density at radius 2 is 1.86 bits per heavy atom. The predicted octanol–water partition coefficient (Wildman–Crippen LogP) is 2.31. The molecule has 1 aliphatic rings. The minimum absolute atomic E-state index is 0.0293. The number of nitrogens with one attached hydrogen (secondary N) is 1. The molecule has 0 bridgehead atoms. The van der Waals surface area contributed by atoms with Crippen molar-refractivity contribution >= 4 is 15.7 Å². The van der Waals surface area contributed by atoms with Crippen LogP contribution >= 0.6 is 0 Å². The first-order valence-corrected chi connectivity index (χ1v) is 8.89. The van der Waals surface area contributed by atoms with E-state index < -0.39 is 10.0 Å². The quantitative estimate of drug-likeness (QED) is 0.876. The zero-order valence-electron chi connectivity index (χ0n) is 12.7. The van der Waals surface area contributed by atoms with Crippen molar-refractivity contribution in [2.45, 2.75) is 37.1 Å². The minimum Gasteiger partial charge on any atom is -0.385 e. The Morgan fingerprint density at radius 1 is 1.24 bits per heavy atom. The maximum atomic E-state index is 12.6. The summed E-state index contributed by atoms with van der Waals surface area (Å²) in [6.45, 7) is 4.23. The monoisotopic (exact) mass is 312 g/mol. The molecule has 0 radical (unpaired) electrons. The van der Waals surface area contributed by atoms with Gasteiger partial charge in [0.2, 0.25) is 10.0 Å². The highest BCUT2D eigenvalue weighted by molar-refractivity contribution is 7.89. The van der Waals surface area contributed by atoms with Crippen LogP contribution in [0.4, 0.5) is 5.69 Å². The molecule has 1 N–H and O–H groups in total. The highest BCUT2D eigenvalue weighted by Crippen LogP contribution is 2.23. The Bertz CT molecular complexity index is 537. The van der Waals surface area contributed by atoms with E-state index in [0.29, 0.717) is 18.1 Å². The molecule has 0 unspecified atom stereocenters. The SMILES string of the molecule is CCCNc1ccc(S(=O)(=O)N(C)C2CCOCC2)cc1. The van der Waals surface area contributed by atoms with Crippen LogP contribution in [0.3, 0.4) is 0 Å². The van der Waals surface area contributed by atoms with Crippen LogP contribution in [0.1, 0.15) is 26.2 Å². The van der Waals surface area contributed by atoms with Gasteiger partial charge in [-0.15, -0.1) is 0 Å². The molecular formula is C15H24N2O3S. The lowest BCUT2D eigenvalue weighted by atomic mass is 10.1. The molecule has 2 rings (SSSR count). The van der Waals surface area contributed by atoms with E-state index in [-0.39, 0.29) is 6.04 Å². The van der Waals surface area contributed by atoms with Crippen molar-refractivity contribution in [2.24, 2.45) is 0 Å². The van der Waals surface area contributed by atoms with E-state index in [1.54, 1.807) is 19.2 Å². The summed E-state index contributed by atoms with van der Waals surface area (Å²) in [7, 11) is -1.76. The molecule has 1 fully saturated rings. The maximum absolute atomic E-state index is 12.6. The molecule has 0 aliphatic carbocycles. The molecule has 1 saturated heterocycles. The van der Waals surface area contributed by atoms with Gasteiger partial charge in [0.05, 0.1) is 4.90 Å². The summed E-state index contributed by atoms with van der Waals surface area (Å²) in [6.07, 6.45) is 2.55. The third kappa shape index (κ3) is 3.96. The molecule has 1 aromatic carbocycles. The normalized spacial score (nSPS) is 17.1. The molecule has 6 heteroatoms. The Balaban J connectivity index is 2.10. The van der Waals surface area contributed by atoms with E-state index in [9.17, 15) is 8.42 Å². The third-order valence-corrected chi connectivity index (χ3v) is 5.74. The van der Waals surface area contributed by atoms with Crippen LogP contribution < -0.4 is 5.32 Å². The minimum atomic E-state index is -3.43. The molecule has 0 atom stereocenters. The number of benzene rings is 1. The average Bonchev–Trinajstić information content (AvgIpc) is 2.53. The van der Waals surface area contributed by atoms with Crippen LogP contribution in [0.15, 0.2) is 29.2 Å². The van der Waals surface area contributed by atoms with E-state index in [4.69, 9.17) is 4.74 Å². The molecule has 1 heterocycles. The fraction of sp³-hybridized carbons (Fsp3) is 0.600. The van der Waals surface area contributed by atoms with Gasteiger partial charge in [0.25, 0.3) is 0 Å². The van der Waals surface area contributed by atoms with Gasteiger partial charge in [-0.25, -0.2) is 8.42 Å². The first-order valence-electron chi connectivity index (χ1n) is 7.45. The lowest BCUT2D eigenvalue weighted by molar-refractivity contribution is 0.0632. The molecule has 0 spiro atoms. The average molecular weight is 312 g/mol. The van der Waals surface area contributed by atoms with Gasteiger partial charge in [0.1, 0.15) is 0 Å². The summed E-state index contributed by atoms with van der Waals surface area (Å²) in [5.74, 6) is 0. The Kier molecular flexibility index (Phi) is 5.61. The largest absolute Gasteiger partial charge is 0.385 e. The van der Waals surface area contributed by atoms with Crippen molar-refractivity contribution in [1.29, 1.82) is 0 Å². The number of anilines is 1. The van der Waals surface area contributed by atoms with Crippen LogP contribution in [0.5, 0.6) is 0 Å². The first-order chi connectivity index (χ1) is 10.1. The van der Waals surface area contributed by atoms with Gasteiger partial charge in [0, 0.05) is 38.5 Å². The van der Waals surface area contributed by atoms with Crippen LogP contribution in [0.2, 0.25) is 0 Å². The van der Waals surface area contributed by atoms with Crippen molar-refractivity contribution in [3.05, 3.63) is 24.3 Å². The molecule has 0 amide bonds. The number of hydrogen-bond acceptors (Lipinski definition) is 4. The van der Waals surface area contributed by atoms with Gasteiger partial charge in [-0.3, -0.25) is 0 Å². The second kappa shape index (κ2) is 7.24. The van der Waals surface area contributed by atoms with Gasteiger partial charge in [0.15, 0.2) is 0 Å². The zero-order valence-corrected chi connectivity index (χ0v) is 13.5. The molecule has 1 aromatic rings. The summed E-state index contributed by atoms with van der Waals surface area (Å²) >= 11 is 0. The number of ether oxygens (including phenoxy) is 1. The van der Waals surface area contributed by atoms with E-state index >= 15 is 0 Å². The second-order valence-electron chi connectivity index (χ2n) is 5.32. The fourth-order valence-electron chi connectivity index (χ4n) is 2.43. The highest BCUT2D eigenvalue weighted by Gasteiger charge is 2.29. The van der Waals surface area contributed by atoms with E-state index in [0.717, 1.165) is 31.5 Å². The summed E-state index contributed by atoms with van der Waals surface area (Å²) in [6, 6.07) is 7.01. The predicted molar refractivity (Wildman–Crippen MR) is 84.0 cm³/mol. The van der Waals surface area contributed by atoms with Crippen molar-refractivity contribution in [3.63, 3.8) is 0 Å². The number of sulfonamides is 1. The smallest absolute Gasteiger partial charge is 0.243 e. The number of nitrogens with zero attached hydrogens (tertiary/aromatic N) is 1. The van der Waals surface area contributed by atoms with Gasteiger partial charge in [-0.2, -0.15) is 4.31 Å². The topological polar surface area (TPSA) is 58.6 Å². The molecule has 1 aliphatic heterocycles. The molecule has 5 nitrogen and oxygen atoms in total. The molecule has 0 saturated carbocycles. The maximum Gasteiger partial charge on any atom is 0.243 e. The number of rotatable bonds is 6. The van der Waals surface area contributed by atoms with Crippen molar-refractivity contribution < 1.29 is 13.2 Å². The molecular weight excluding hydrogens is 288 g/mol. The summed E-state index contributed by atoms with van der Waals surface area (Å²) in [4.78, 5) is 0.346. The standard InChI is InChI=1S/C15H24N2O3S/c1-3-10-16-13-4-6-15(7-5-13)21(18,19)17(2)14-8-11-20-12-9-14/h4-7,14,16H,3,8-12H2,1-2H3. The Labute approximate surface area is 127 Å². The molecule has 118 valence electrons. The van der Waals surface area contributed by atoms with E-state index in [1.807, 2.05) is 12.1 Å². The third-order valence-electron chi connectivity index (χ3n) is 3.82. The summed E-state index contributed by atoms with van der Waals surface area (Å²) in [5, 5.41) is 3.24. The van der Waals surface area contributed by atoms with Gasteiger partial charge in [-0.1, -0.05) is 6.92 Å². The first kappa shape index (κ1) is 16.3.